The Balaban J connectivity index is 1.28. The molecule has 2 aliphatic rings. The van der Waals surface area contributed by atoms with Gasteiger partial charge in [0.1, 0.15) is 18.0 Å². The third-order valence-electron chi connectivity index (χ3n) is 7.59. The predicted octanol–water partition coefficient (Wildman–Crippen LogP) is 3.50. The largest absolute Gasteiger partial charge is 0.378 e. The van der Waals surface area contributed by atoms with Gasteiger partial charge in [-0.25, -0.2) is 13.8 Å². The number of likely N-dealkylation sites (N-methyl/N-ethyl adjacent to an activating group) is 1. The van der Waals surface area contributed by atoms with Crippen LogP contribution in [-0.4, -0.2) is 79.9 Å². The van der Waals surface area contributed by atoms with Gasteiger partial charge < -0.3 is 24.8 Å². The third kappa shape index (κ3) is 5.63. The highest BCUT2D eigenvalue weighted by Gasteiger charge is 2.19. The molecule has 3 heterocycles. The van der Waals surface area contributed by atoms with Gasteiger partial charge in [0, 0.05) is 61.9 Å². The molecule has 2 fully saturated rings. The molecule has 1 amide bonds. The van der Waals surface area contributed by atoms with Crippen molar-refractivity contribution in [2.24, 2.45) is 0 Å². The lowest BCUT2D eigenvalue weighted by atomic mass is 10.1. The number of aromatic nitrogens is 2. The topological polar surface area (TPSA) is 82.9 Å². The summed E-state index contributed by atoms with van der Waals surface area (Å²) < 4.78 is 36.0. The van der Waals surface area contributed by atoms with E-state index < -0.39 is 23.1 Å². The maximum atomic E-state index is 15.0. The first-order valence-electron chi connectivity index (χ1n) is 13.6. The second kappa shape index (κ2) is 11.3. The smallest absolute Gasteiger partial charge is 0.265 e. The number of carbonyl (C=O) groups is 1. The number of morpholine rings is 1. The Bertz CT molecular complexity index is 1660. The summed E-state index contributed by atoms with van der Waals surface area (Å²) in [4.78, 5) is 37.4. The molecule has 41 heavy (non-hydrogen) atoms. The summed E-state index contributed by atoms with van der Waals surface area (Å²) in [6.07, 6.45) is 1.28. The molecule has 0 atom stereocenters. The van der Waals surface area contributed by atoms with Crippen LogP contribution in [0.3, 0.4) is 0 Å². The highest BCUT2D eigenvalue weighted by Crippen LogP contribution is 2.24. The van der Waals surface area contributed by atoms with Crippen LogP contribution in [0.15, 0.2) is 65.7 Å². The van der Waals surface area contributed by atoms with Crippen LogP contribution in [0.2, 0.25) is 0 Å². The molecule has 0 unspecified atom stereocenters. The Morgan fingerprint density at radius 1 is 0.878 bits per heavy atom. The fourth-order valence-corrected chi connectivity index (χ4v) is 5.23. The van der Waals surface area contributed by atoms with Crippen molar-refractivity contribution in [3.63, 3.8) is 0 Å². The number of carbonyl (C=O) groups excluding carboxylic acids is 1. The number of ether oxygens (including phenoxy) is 1. The van der Waals surface area contributed by atoms with E-state index in [1.165, 1.54) is 30.6 Å². The highest BCUT2D eigenvalue weighted by atomic mass is 19.1. The number of hydrogen-bond donors (Lipinski definition) is 1. The molecule has 0 radical (unpaired) electrons. The number of anilines is 3. The number of rotatable bonds is 5. The molecule has 11 heteroatoms. The van der Waals surface area contributed by atoms with Crippen LogP contribution in [0.4, 0.5) is 25.8 Å². The Labute approximate surface area is 235 Å². The SMILES string of the molecule is CN1CCN(c2ccc3ncn(-c4cc(NC(=O)c5cc(F)cc(N6CCOCC6)c5)ccc4F)c(=O)c3c2)CC1. The van der Waals surface area contributed by atoms with Gasteiger partial charge in [-0.3, -0.25) is 14.2 Å². The number of hydrogen-bond acceptors (Lipinski definition) is 7. The molecule has 2 aliphatic heterocycles. The van der Waals surface area contributed by atoms with Crippen LogP contribution < -0.4 is 20.7 Å². The van der Waals surface area contributed by atoms with Gasteiger partial charge >= 0.3 is 0 Å². The second-order valence-corrected chi connectivity index (χ2v) is 10.3. The van der Waals surface area contributed by atoms with Gasteiger partial charge in [-0.1, -0.05) is 0 Å². The molecule has 212 valence electrons. The van der Waals surface area contributed by atoms with Gasteiger partial charge in [0.15, 0.2) is 0 Å². The summed E-state index contributed by atoms with van der Waals surface area (Å²) in [5.41, 5.74) is 1.91. The fourth-order valence-electron chi connectivity index (χ4n) is 5.23. The summed E-state index contributed by atoms with van der Waals surface area (Å²) >= 11 is 0. The van der Waals surface area contributed by atoms with E-state index in [4.69, 9.17) is 4.74 Å². The molecule has 6 rings (SSSR count). The van der Waals surface area contributed by atoms with E-state index in [9.17, 15) is 14.0 Å². The first kappa shape index (κ1) is 26.9. The first-order chi connectivity index (χ1) is 19.9. The van der Waals surface area contributed by atoms with E-state index in [1.807, 2.05) is 11.0 Å². The number of halogens is 2. The van der Waals surface area contributed by atoms with Gasteiger partial charge in [-0.2, -0.15) is 0 Å². The molecule has 1 N–H and O–H groups in total. The molecule has 4 aromatic rings. The number of fused-ring (bicyclic) bond motifs is 1. The van der Waals surface area contributed by atoms with Gasteiger partial charge in [-0.15, -0.1) is 0 Å². The van der Waals surface area contributed by atoms with E-state index in [0.29, 0.717) is 42.9 Å². The first-order valence-corrected chi connectivity index (χ1v) is 13.6. The Hall–Kier alpha value is -4.35. The average molecular weight is 561 g/mol. The molecule has 3 aromatic carbocycles. The molecule has 1 aromatic heterocycles. The van der Waals surface area contributed by atoms with Crippen molar-refractivity contribution in [1.82, 2.24) is 14.5 Å². The molecule has 2 saturated heterocycles. The Kier molecular flexibility index (Phi) is 7.38. The molecule has 0 saturated carbocycles. The highest BCUT2D eigenvalue weighted by molar-refractivity contribution is 6.05. The van der Waals surface area contributed by atoms with Crippen LogP contribution in [0, 0.1) is 11.6 Å². The Morgan fingerprint density at radius 3 is 2.41 bits per heavy atom. The maximum absolute atomic E-state index is 15.0. The van der Waals surface area contributed by atoms with Crippen LogP contribution in [0.25, 0.3) is 16.6 Å². The third-order valence-corrected chi connectivity index (χ3v) is 7.59. The normalized spacial score (nSPS) is 16.3. The second-order valence-electron chi connectivity index (χ2n) is 10.3. The number of piperazine rings is 1. The fraction of sp³-hybridized carbons (Fsp3) is 0.300. The Morgan fingerprint density at radius 2 is 1.63 bits per heavy atom. The number of amides is 1. The lowest BCUT2D eigenvalue weighted by molar-refractivity contribution is 0.102. The summed E-state index contributed by atoms with van der Waals surface area (Å²) in [6, 6.07) is 13.6. The monoisotopic (exact) mass is 560 g/mol. The van der Waals surface area contributed by atoms with Crippen LogP contribution in [0.1, 0.15) is 10.4 Å². The minimum Gasteiger partial charge on any atom is -0.378 e. The predicted molar refractivity (Wildman–Crippen MR) is 154 cm³/mol. The van der Waals surface area contributed by atoms with Crippen LogP contribution >= 0.6 is 0 Å². The van der Waals surface area contributed by atoms with Crippen molar-refractivity contribution in [2.75, 3.05) is 74.6 Å². The van der Waals surface area contributed by atoms with Crippen molar-refractivity contribution < 1.29 is 18.3 Å². The van der Waals surface area contributed by atoms with Crippen molar-refractivity contribution in [3.8, 4) is 5.69 Å². The number of benzene rings is 3. The van der Waals surface area contributed by atoms with Crippen molar-refractivity contribution in [2.45, 2.75) is 0 Å². The zero-order valence-electron chi connectivity index (χ0n) is 22.6. The van der Waals surface area contributed by atoms with Crippen LogP contribution in [0.5, 0.6) is 0 Å². The minimum atomic E-state index is -0.651. The van der Waals surface area contributed by atoms with Gasteiger partial charge in [-0.05, 0) is 61.6 Å². The summed E-state index contributed by atoms with van der Waals surface area (Å²) in [5, 5.41) is 3.07. The van der Waals surface area contributed by atoms with E-state index in [2.05, 4.69) is 27.1 Å². The summed E-state index contributed by atoms with van der Waals surface area (Å²) in [5.74, 6) is -1.75. The molecule has 0 aliphatic carbocycles. The van der Waals surface area contributed by atoms with E-state index in [-0.39, 0.29) is 16.9 Å². The van der Waals surface area contributed by atoms with Gasteiger partial charge in [0.25, 0.3) is 11.5 Å². The van der Waals surface area contributed by atoms with E-state index >= 15 is 4.39 Å². The van der Waals surface area contributed by atoms with E-state index in [1.54, 1.807) is 18.2 Å². The molecule has 9 nitrogen and oxygen atoms in total. The molecular weight excluding hydrogens is 530 g/mol. The van der Waals surface area contributed by atoms with Crippen molar-refractivity contribution in [3.05, 3.63) is 88.5 Å². The lowest BCUT2D eigenvalue weighted by Crippen LogP contribution is -2.44. The number of nitrogens with one attached hydrogen (secondary N) is 1. The zero-order chi connectivity index (χ0) is 28.5. The maximum Gasteiger partial charge on any atom is 0.265 e. The minimum absolute atomic E-state index is 0.0551. The van der Waals surface area contributed by atoms with Gasteiger partial charge in [0.2, 0.25) is 0 Å². The standard InChI is InChI=1S/C30H30F2N6O3/c1-35-6-8-36(9-7-35)23-3-5-27-25(18-23)30(40)38(19-33-27)28-17-22(2-4-26(28)32)34-29(39)20-14-21(31)16-24(15-20)37-10-12-41-13-11-37/h2-5,14-19H,6-13H2,1H3,(H,34,39). The molecular formula is C30H30F2N6O3. The molecule has 0 spiro atoms. The average Bonchev–Trinajstić information content (AvgIpc) is 2.99. The summed E-state index contributed by atoms with van der Waals surface area (Å²) in [7, 11) is 2.08. The zero-order valence-corrected chi connectivity index (χ0v) is 22.6. The van der Waals surface area contributed by atoms with Crippen molar-refractivity contribution in [1.29, 1.82) is 0 Å². The number of nitrogens with zero attached hydrogens (tertiary/aromatic N) is 5. The van der Waals surface area contributed by atoms with Crippen molar-refractivity contribution >= 4 is 33.9 Å². The lowest BCUT2D eigenvalue weighted by Gasteiger charge is -2.34. The van der Waals surface area contributed by atoms with E-state index in [0.717, 1.165) is 42.5 Å². The quantitative estimate of drug-likeness (QED) is 0.400. The van der Waals surface area contributed by atoms with Crippen LogP contribution in [-0.2, 0) is 4.74 Å². The molecule has 0 bridgehead atoms. The summed E-state index contributed by atoms with van der Waals surface area (Å²) in [6.45, 7) is 5.76. The van der Waals surface area contributed by atoms with Gasteiger partial charge in [0.05, 0.1) is 29.8 Å².